The highest BCUT2D eigenvalue weighted by molar-refractivity contribution is 6.00. The van der Waals surface area contributed by atoms with E-state index in [1.807, 2.05) is 13.0 Å². The molecule has 0 unspecified atom stereocenters. The van der Waals surface area contributed by atoms with E-state index >= 15 is 0 Å². The molecule has 0 radical (unpaired) electrons. The molecule has 0 fully saturated rings. The van der Waals surface area contributed by atoms with E-state index in [0.29, 0.717) is 29.3 Å². The third kappa shape index (κ3) is 4.00. The molecule has 7 heteroatoms. The Bertz CT molecular complexity index is 910. The van der Waals surface area contributed by atoms with Crippen LogP contribution in [0.2, 0.25) is 0 Å². The van der Waals surface area contributed by atoms with Gasteiger partial charge in [-0.25, -0.2) is 9.37 Å². The first-order chi connectivity index (χ1) is 12.6. The van der Waals surface area contributed by atoms with Crippen molar-refractivity contribution in [2.45, 2.75) is 13.5 Å². The number of nitrogens with zero attached hydrogens (tertiary/aromatic N) is 3. The van der Waals surface area contributed by atoms with Crippen LogP contribution in [0.15, 0.2) is 64.4 Å². The van der Waals surface area contributed by atoms with E-state index in [0.717, 1.165) is 0 Å². The molecule has 0 spiro atoms. The zero-order valence-electron chi connectivity index (χ0n) is 14.4. The molecule has 0 bridgehead atoms. The minimum atomic E-state index is -0.414. The van der Waals surface area contributed by atoms with Gasteiger partial charge in [0.1, 0.15) is 17.3 Å². The second-order valence-electron chi connectivity index (χ2n) is 5.72. The summed E-state index contributed by atoms with van der Waals surface area (Å²) in [5, 5.41) is 12.9. The maximum Gasteiger partial charge on any atom is 0.230 e. The Morgan fingerprint density at radius 3 is 2.81 bits per heavy atom. The zero-order valence-corrected chi connectivity index (χ0v) is 14.4. The molecule has 0 aliphatic carbocycles. The Balaban J connectivity index is 1.92. The summed E-state index contributed by atoms with van der Waals surface area (Å²) in [5.74, 6) is 1.06. The van der Waals surface area contributed by atoms with Crippen LogP contribution in [0.25, 0.3) is 0 Å². The minimum Gasteiger partial charge on any atom is -0.467 e. The Morgan fingerprint density at radius 1 is 1.27 bits per heavy atom. The van der Waals surface area contributed by atoms with Crippen LogP contribution in [0.5, 0.6) is 11.6 Å². The van der Waals surface area contributed by atoms with Crippen LogP contribution >= 0.6 is 0 Å². The maximum absolute atomic E-state index is 13.4. The first kappa shape index (κ1) is 17.5. The summed E-state index contributed by atoms with van der Waals surface area (Å²) in [6.07, 6.45) is 1.57. The lowest BCUT2D eigenvalue weighted by Gasteiger charge is -2.20. The van der Waals surface area contributed by atoms with Gasteiger partial charge in [-0.3, -0.25) is 0 Å². The molecule has 2 heterocycles. The molecular weight excluding hydrogens is 337 g/mol. The van der Waals surface area contributed by atoms with Crippen molar-refractivity contribution in [3.63, 3.8) is 0 Å². The molecule has 3 aromatic rings. The van der Waals surface area contributed by atoms with Gasteiger partial charge in [-0.05, 0) is 43.3 Å². The number of rotatable bonds is 5. The third-order valence-corrected chi connectivity index (χ3v) is 3.68. The lowest BCUT2D eigenvalue weighted by Crippen LogP contribution is -2.27. The van der Waals surface area contributed by atoms with E-state index in [4.69, 9.17) is 9.15 Å². The van der Waals surface area contributed by atoms with Gasteiger partial charge in [0, 0.05) is 18.8 Å². The van der Waals surface area contributed by atoms with Gasteiger partial charge < -0.3 is 19.3 Å². The van der Waals surface area contributed by atoms with E-state index in [1.165, 1.54) is 12.1 Å². The number of ether oxygens (including phenoxy) is 1. The van der Waals surface area contributed by atoms with Crippen LogP contribution in [-0.2, 0) is 6.54 Å². The Labute approximate surface area is 150 Å². The van der Waals surface area contributed by atoms with Gasteiger partial charge in [0.05, 0.1) is 18.4 Å². The number of furan rings is 1. The van der Waals surface area contributed by atoms with Crippen LogP contribution in [0.3, 0.4) is 0 Å². The van der Waals surface area contributed by atoms with Crippen molar-refractivity contribution in [2.75, 3.05) is 7.05 Å². The van der Waals surface area contributed by atoms with Crippen LogP contribution in [0.1, 0.15) is 17.0 Å². The maximum atomic E-state index is 13.4. The van der Waals surface area contributed by atoms with Gasteiger partial charge in [0.25, 0.3) is 0 Å². The van der Waals surface area contributed by atoms with Gasteiger partial charge in [-0.2, -0.15) is 0 Å². The number of oxime groups is 1. The number of hydrogen-bond acceptors (Lipinski definition) is 5. The molecule has 0 aliphatic heterocycles. The largest absolute Gasteiger partial charge is 0.467 e. The predicted molar refractivity (Wildman–Crippen MR) is 93.9 cm³/mol. The fraction of sp³-hybridized carbons (Fsp3) is 0.158. The third-order valence-electron chi connectivity index (χ3n) is 3.68. The molecule has 134 valence electrons. The number of halogens is 1. The van der Waals surface area contributed by atoms with E-state index in [1.54, 1.807) is 48.5 Å². The fourth-order valence-corrected chi connectivity index (χ4v) is 2.47. The van der Waals surface area contributed by atoms with Crippen LogP contribution in [0.4, 0.5) is 4.39 Å². The number of benzene rings is 1. The molecule has 0 saturated heterocycles. The summed E-state index contributed by atoms with van der Waals surface area (Å²) in [7, 11) is 1.75. The summed E-state index contributed by atoms with van der Waals surface area (Å²) in [6, 6.07) is 12.9. The van der Waals surface area contributed by atoms with Crippen LogP contribution in [0, 0.1) is 12.7 Å². The first-order valence-corrected chi connectivity index (χ1v) is 7.94. The van der Waals surface area contributed by atoms with Crippen molar-refractivity contribution < 1.29 is 18.8 Å². The number of pyridine rings is 1. The number of hydrogen-bond donors (Lipinski definition) is 1. The monoisotopic (exact) mass is 355 g/mol. The Hall–Kier alpha value is -3.35. The smallest absolute Gasteiger partial charge is 0.230 e. The second kappa shape index (κ2) is 7.69. The highest BCUT2D eigenvalue weighted by Gasteiger charge is 2.19. The second-order valence-corrected chi connectivity index (χ2v) is 5.72. The van der Waals surface area contributed by atoms with Crippen molar-refractivity contribution in [3.05, 3.63) is 77.6 Å². The summed E-state index contributed by atoms with van der Waals surface area (Å²) < 4.78 is 24.5. The topological polar surface area (TPSA) is 71.1 Å². The zero-order chi connectivity index (χ0) is 18.5. The number of amidine groups is 1. The Morgan fingerprint density at radius 2 is 2.12 bits per heavy atom. The van der Waals surface area contributed by atoms with Crippen molar-refractivity contribution in [1.29, 1.82) is 0 Å². The standard InChI is InChI=1S/C19H18FN3O3/c1-13-8-9-17(18(22-24)23(2)12-16-7-4-10-25-16)19(21-13)26-15-6-3-5-14(20)11-15/h3-11,24H,12H2,1-2H3/b22-18-. The summed E-state index contributed by atoms with van der Waals surface area (Å²) in [4.78, 5) is 6.06. The van der Waals surface area contributed by atoms with Gasteiger partial charge in [0.2, 0.25) is 5.88 Å². The molecule has 3 rings (SSSR count). The van der Waals surface area contributed by atoms with Crippen molar-refractivity contribution in [2.24, 2.45) is 5.16 Å². The number of aromatic nitrogens is 1. The van der Waals surface area contributed by atoms with Crippen molar-refractivity contribution >= 4 is 5.84 Å². The van der Waals surface area contributed by atoms with E-state index in [2.05, 4.69) is 10.1 Å². The minimum absolute atomic E-state index is 0.217. The highest BCUT2D eigenvalue weighted by atomic mass is 19.1. The summed E-state index contributed by atoms with van der Waals surface area (Å²) in [5.41, 5.74) is 1.18. The lowest BCUT2D eigenvalue weighted by molar-refractivity contribution is 0.302. The van der Waals surface area contributed by atoms with Crippen molar-refractivity contribution in [1.82, 2.24) is 9.88 Å². The molecule has 1 N–H and O–H groups in total. The van der Waals surface area contributed by atoms with Crippen LogP contribution in [-0.4, -0.2) is 28.0 Å². The fourth-order valence-electron chi connectivity index (χ4n) is 2.47. The molecule has 0 aliphatic rings. The quantitative estimate of drug-likeness (QED) is 0.322. The van der Waals surface area contributed by atoms with Crippen molar-refractivity contribution in [3.8, 4) is 11.6 Å². The predicted octanol–water partition coefficient (Wildman–Crippen LogP) is 4.18. The average Bonchev–Trinajstić information content (AvgIpc) is 3.10. The van der Waals surface area contributed by atoms with Gasteiger partial charge in [-0.15, -0.1) is 0 Å². The summed E-state index contributed by atoms with van der Waals surface area (Å²) in [6.45, 7) is 2.20. The molecule has 0 saturated carbocycles. The molecule has 2 aromatic heterocycles. The van der Waals surface area contributed by atoms with Gasteiger partial charge in [-0.1, -0.05) is 11.2 Å². The molecule has 1 aromatic carbocycles. The first-order valence-electron chi connectivity index (χ1n) is 7.94. The van der Waals surface area contributed by atoms with Gasteiger partial charge in [0.15, 0.2) is 5.84 Å². The summed E-state index contributed by atoms with van der Waals surface area (Å²) >= 11 is 0. The van der Waals surface area contributed by atoms with Crippen LogP contribution < -0.4 is 4.74 Å². The molecule has 0 amide bonds. The molecular formula is C19H18FN3O3. The molecule has 6 nitrogen and oxygen atoms in total. The molecule has 0 atom stereocenters. The number of aryl methyl sites for hydroxylation is 1. The SMILES string of the molecule is Cc1ccc(/C(=N/O)N(C)Cc2ccco2)c(Oc2cccc(F)c2)n1. The highest BCUT2D eigenvalue weighted by Crippen LogP contribution is 2.26. The normalized spacial score (nSPS) is 11.4. The van der Waals surface area contributed by atoms with E-state index in [9.17, 15) is 9.60 Å². The van der Waals surface area contributed by atoms with E-state index < -0.39 is 5.82 Å². The lowest BCUT2D eigenvalue weighted by atomic mass is 10.2. The van der Waals surface area contributed by atoms with Gasteiger partial charge >= 0.3 is 0 Å². The average molecular weight is 355 g/mol. The Kier molecular flexibility index (Phi) is 5.17. The molecule has 26 heavy (non-hydrogen) atoms. The van der Waals surface area contributed by atoms with E-state index in [-0.39, 0.29) is 11.7 Å².